The molecule has 0 aliphatic carbocycles. The molecule has 1 saturated heterocycles. The zero-order chi connectivity index (χ0) is 19.0. The van der Waals surface area contributed by atoms with Crippen molar-refractivity contribution < 1.29 is 4.79 Å². The summed E-state index contributed by atoms with van der Waals surface area (Å²) in [6.07, 6.45) is 7.00. The van der Waals surface area contributed by atoms with E-state index in [1.54, 1.807) is 24.5 Å². The maximum Gasteiger partial charge on any atom is 0.274 e. The number of carbonyl (C=O) groups excluding carboxylic acids is 1. The first kappa shape index (κ1) is 18.2. The molecule has 1 unspecified atom stereocenters. The van der Waals surface area contributed by atoms with E-state index >= 15 is 0 Å². The number of nitrogens with two attached hydrogens (primary N) is 1. The molecule has 4 rings (SSSR count). The Labute approximate surface area is 169 Å². The average molecular weight is 450 g/mol. The lowest BCUT2D eigenvalue weighted by molar-refractivity contribution is 0.102. The van der Waals surface area contributed by atoms with Crippen molar-refractivity contribution in [1.29, 1.82) is 0 Å². The second-order valence-corrected chi connectivity index (χ2v) is 7.84. The van der Waals surface area contributed by atoms with Gasteiger partial charge in [0, 0.05) is 37.7 Å². The van der Waals surface area contributed by atoms with Crippen molar-refractivity contribution in [2.75, 3.05) is 23.3 Å². The Hall–Kier alpha value is -2.16. The Bertz CT molecular complexity index is 989. The first-order valence-corrected chi connectivity index (χ1v) is 9.79. The number of anilines is 2. The van der Waals surface area contributed by atoms with Crippen LogP contribution in [-0.2, 0) is 0 Å². The number of hydrogen-bond donors (Lipinski definition) is 3. The third-order valence-electron chi connectivity index (χ3n) is 4.61. The fourth-order valence-electron chi connectivity index (χ4n) is 3.37. The zero-order valence-corrected chi connectivity index (χ0v) is 16.7. The molecule has 9 heteroatoms. The molecule has 0 spiro atoms. The van der Waals surface area contributed by atoms with Crippen LogP contribution in [0.5, 0.6) is 0 Å². The van der Waals surface area contributed by atoms with Crippen molar-refractivity contribution in [3.05, 3.63) is 45.9 Å². The van der Waals surface area contributed by atoms with E-state index < -0.39 is 0 Å². The monoisotopic (exact) mass is 448 g/mol. The van der Waals surface area contributed by atoms with E-state index in [2.05, 4.69) is 41.1 Å². The summed E-state index contributed by atoms with van der Waals surface area (Å²) in [5, 5.41) is 4.25. The van der Waals surface area contributed by atoms with E-state index in [1.165, 1.54) is 6.20 Å². The number of fused-ring (bicyclic) bond motifs is 1. The summed E-state index contributed by atoms with van der Waals surface area (Å²) < 4.78 is 0.865. The van der Waals surface area contributed by atoms with Crippen LogP contribution < -0.4 is 16.0 Å². The van der Waals surface area contributed by atoms with Gasteiger partial charge in [-0.2, -0.15) is 0 Å². The van der Waals surface area contributed by atoms with E-state index in [1.807, 2.05) is 0 Å². The van der Waals surface area contributed by atoms with Gasteiger partial charge in [-0.15, -0.1) is 0 Å². The molecule has 4 heterocycles. The molecule has 1 aliphatic rings. The summed E-state index contributed by atoms with van der Waals surface area (Å²) in [6.45, 7) is 1.66. The van der Waals surface area contributed by atoms with Crippen LogP contribution in [0.3, 0.4) is 0 Å². The van der Waals surface area contributed by atoms with Gasteiger partial charge in [-0.3, -0.25) is 4.79 Å². The van der Waals surface area contributed by atoms with E-state index in [-0.39, 0.29) is 11.9 Å². The second-order valence-electron chi connectivity index (χ2n) is 6.54. The van der Waals surface area contributed by atoms with Gasteiger partial charge < -0.3 is 20.9 Å². The molecule has 27 heavy (non-hydrogen) atoms. The molecule has 0 saturated carbocycles. The highest BCUT2D eigenvalue weighted by Crippen LogP contribution is 2.38. The molecular formula is C18H18BrClN6O. The van der Waals surface area contributed by atoms with E-state index in [0.29, 0.717) is 22.1 Å². The topological polar surface area (TPSA) is 99.9 Å². The molecule has 1 fully saturated rings. The normalized spacial score (nSPS) is 17.3. The maximum absolute atomic E-state index is 12.6. The summed E-state index contributed by atoms with van der Waals surface area (Å²) in [6, 6.07) is 3.35. The van der Waals surface area contributed by atoms with Crippen LogP contribution in [0.25, 0.3) is 11.0 Å². The molecule has 4 N–H and O–H groups in total. The largest absolute Gasteiger partial charge is 0.368 e. The van der Waals surface area contributed by atoms with Crippen molar-refractivity contribution in [1.82, 2.24) is 15.0 Å². The lowest BCUT2D eigenvalue weighted by Gasteiger charge is -2.33. The smallest absolute Gasteiger partial charge is 0.274 e. The first-order chi connectivity index (χ1) is 13.0. The number of carbonyl (C=O) groups is 1. The Balaban J connectivity index is 1.72. The van der Waals surface area contributed by atoms with Gasteiger partial charge in [0.05, 0.1) is 26.3 Å². The summed E-state index contributed by atoms with van der Waals surface area (Å²) in [7, 11) is 0. The molecule has 140 valence electrons. The van der Waals surface area contributed by atoms with Gasteiger partial charge in [-0.25, -0.2) is 9.97 Å². The van der Waals surface area contributed by atoms with E-state index in [4.69, 9.17) is 17.3 Å². The fraction of sp³-hybridized carbons (Fsp3) is 0.278. The van der Waals surface area contributed by atoms with Gasteiger partial charge >= 0.3 is 0 Å². The van der Waals surface area contributed by atoms with Gasteiger partial charge in [-0.1, -0.05) is 11.6 Å². The minimum absolute atomic E-state index is 0.129. The van der Waals surface area contributed by atoms with Crippen LogP contribution >= 0.6 is 27.5 Å². The third kappa shape index (κ3) is 3.65. The SMILES string of the molecule is NC1CCCN(c2c(Br)cnc3[nH]cc(NC(=O)c4ccc(Cl)cn4)c23)C1. The van der Waals surface area contributed by atoms with Crippen LogP contribution in [0.1, 0.15) is 23.3 Å². The molecule has 3 aromatic heterocycles. The average Bonchev–Trinajstić information content (AvgIpc) is 3.05. The Morgan fingerprint density at radius 1 is 1.37 bits per heavy atom. The van der Waals surface area contributed by atoms with Crippen molar-refractivity contribution in [2.24, 2.45) is 5.73 Å². The Morgan fingerprint density at radius 2 is 2.22 bits per heavy atom. The quantitative estimate of drug-likeness (QED) is 0.568. The number of nitrogens with one attached hydrogen (secondary N) is 2. The maximum atomic E-state index is 12.6. The number of piperidine rings is 1. The zero-order valence-electron chi connectivity index (χ0n) is 14.4. The number of H-pyrrole nitrogens is 1. The molecule has 3 aromatic rings. The number of rotatable bonds is 3. The van der Waals surface area contributed by atoms with E-state index in [9.17, 15) is 4.79 Å². The van der Waals surface area contributed by atoms with Crippen LogP contribution in [0, 0.1) is 0 Å². The molecule has 1 aliphatic heterocycles. The van der Waals surface area contributed by atoms with Gasteiger partial charge in [0.1, 0.15) is 11.3 Å². The summed E-state index contributed by atoms with van der Waals surface area (Å²) in [5.41, 5.74) is 8.79. The number of nitrogens with zero attached hydrogens (tertiary/aromatic N) is 3. The molecule has 1 atom stereocenters. The van der Waals surface area contributed by atoms with Gasteiger partial charge in [-0.05, 0) is 40.9 Å². The summed E-state index contributed by atoms with van der Waals surface area (Å²) in [5.74, 6) is -0.311. The molecule has 7 nitrogen and oxygen atoms in total. The summed E-state index contributed by atoms with van der Waals surface area (Å²) >= 11 is 9.46. The molecule has 0 aromatic carbocycles. The Kier molecular flexibility index (Phi) is 5.03. The molecular weight excluding hydrogens is 432 g/mol. The second kappa shape index (κ2) is 7.46. The summed E-state index contributed by atoms with van der Waals surface area (Å²) in [4.78, 5) is 26.5. The van der Waals surface area contributed by atoms with Crippen molar-refractivity contribution in [3.8, 4) is 0 Å². The van der Waals surface area contributed by atoms with Crippen molar-refractivity contribution in [3.63, 3.8) is 0 Å². The number of hydrogen-bond acceptors (Lipinski definition) is 5. The highest BCUT2D eigenvalue weighted by molar-refractivity contribution is 9.10. The minimum atomic E-state index is -0.311. The van der Waals surface area contributed by atoms with E-state index in [0.717, 1.165) is 41.5 Å². The van der Waals surface area contributed by atoms with Crippen molar-refractivity contribution in [2.45, 2.75) is 18.9 Å². The number of pyridine rings is 2. The lowest BCUT2D eigenvalue weighted by atomic mass is 10.1. The van der Waals surface area contributed by atoms with Gasteiger partial charge in [0.2, 0.25) is 0 Å². The molecule has 1 amide bonds. The minimum Gasteiger partial charge on any atom is -0.368 e. The fourth-order valence-corrected chi connectivity index (χ4v) is 4.04. The van der Waals surface area contributed by atoms with Crippen molar-refractivity contribution >= 4 is 55.8 Å². The molecule has 0 bridgehead atoms. The third-order valence-corrected chi connectivity index (χ3v) is 5.42. The van der Waals surface area contributed by atoms with Crippen LogP contribution in [0.4, 0.5) is 11.4 Å². The standard InChI is InChI=1S/C18H18BrClN6O/c19-12-7-23-17-15(16(12)26-5-1-2-11(21)9-26)14(8-24-17)25-18(27)13-4-3-10(20)6-22-13/h3-4,6-8,11H,1-2,5,9,21H2,(H,23,24)(H,25,27). The van der Waals surface area contributed by atoms with Crippen LogP contribution in [0.2, 0.25) is 5.02 Å². The molecule has 0 radical (unpaired) electrons. The highest BCUT2D eigenvalue weighted by atomic mass is 79.9. The predicted octanol–water partition coefficient (Wildman–Crippen LogP) is 3.55. The first-order valence-electron chi connectivity index (χ1n) is 8.62. The Morgan fingerprint density at radius 3 is 2.96 bits per heavy atom. The number of aromatic nitrogens is 3. The number of halogens is 2. The van der Waals surface area contributed by atoms with Gasteiger partial charge in [0.15, 0.2) is 0 Å². The number of amides is 1. The van der Waals surface area contributed by atoms with Crippen LogP contribution in [-0.4, -0.2) is 40.0 Å². The predicted molar refractivity (Wildman–Crippen MR) is 110 cm³/mol. The number of aromatic amines is 1. The lowest BCUT2D eigenvalue weighted by Crippen LogP contribution is -2.43. The van der Waals surface area contributed by atoms with Gasteiger partial charge in [0.25, 0.3) is 5.91 Å². The van der Waals surface area contributed by atoms with Crippen LogP contribution in [0.15, 0.2) is 35.2 Å². The highest BCUT2D eigenvalue weighted by Gasteiger charge is 2.24.